The SMILES string of the molecule is Cl.NCCCOC1CCN(C(=O)CSC(F)(F)F)CC1. The summed E-state index contributed by atoms with van der Waals surface area (Å²) in [5.74, 6) is -0.995. The monoisotopic (exact) mass is 336 g/mol. The van der Waals surface area contributed by atoms with Gasteiger partial charge in [-0.25, -0.2) is 0 Å². The Bertz CT molecular complexity index is 287. The van der Waals surface area contributed by atoms with E-state index >= 15 is 0 Å². The van der Waals surface area contributed by atoms with E-state index in [1.165, 1.54) is 4.90 Å². The minimum Gasteiger partial charge on any atom is -0.378 e. The van der Waals surface area contributed by atoms with Crippen molar-refractivity contribution in [1.82, 2.24) is 4.90 Å². The number of halogens is 4. The Kier molecular flexibility index (Phi) is 9.61. The summed E-state index contributed by atoms with van der Waals surface area (Å²) in [6.07, 6.45) is 2.23. The molecule has 0 bridgehead atoms. The summed E-state index contributed by atoms with van der Waals surface area (Å²) in [5, 5.41) is 0. The van der Waals surface area contributed by atoms with Gasteiger partial charge in [0.15, 0.2) is 0 Å². The van der Waals surface area contributed by atoms with Gasteiger partial charge in [-0.3, -0.25) is 4.79 Å². The van der Waals surface area contributed by atoms with E-state index in [1.54, 1.807) is 0 Å². The van der Waals surface area contributed by atoms with E-state index in [4.69, 9.17) is 10.5 Å². The topological polar surface area (TPSA) is 55.6 Å². The molecule has 20 heavy (non-hydrogen) atoms. The molecular weight excluding hydrogens is 317 g/mol. The molecule has 0 aromatic heterocycles. The largest absolute Gasteiger partial charge is 0.442 e. The number of nitrogens with zero attached hydrogens (tertiary/aromatic N) is 1. The van der Waals surface area contributed by atoms with Crippen molar-refractivity contribution in [3.63, 3.8) is 0 Å². The number of rotatable bonds is 6. The van der Waals surface area contributed by atoms with Crippen molar-refractivity contribution < 1.29 is 22.7 Å². The van der Waals surface area contributed by atoms with Crippen LogP contribution in [-0.2, 0) is 9.53 Å². The Labute approximate surface area is 127 Å². The van der Waals surface area contributed by atoms with E-state index < -0.39 is 17.2 Å². The van der Waals surface area contributed by atoms with Crippen molar-refractivity contribution in [1.29, 1.82) is 0 Å². The summed E-state index contributed by atoms with van der Waals surface area (Å²) in [5.41, 5.74) is 0.999. The molecule has 1 rings (SSSR count). The van der Waals surface area contributed by atoms with Crippen LogP contribution in [0.1, 0.15) is 19.3 Å². The Morgan fingerprint density at radius 3 is 2.45 bits per heavy atom. The predicted molar refractivity (Wildman–Crippen MR) is 75.0 cm³/mol. The fraction of sp³-hybridized carbons (Fsp3) is 0.909. The van der Waals surface area contributed by atoms with Gasteiger partial charge in [-0.2, -0.15) is 13.2 Å². The summed E-state index contributed by atoms with van der Waals surface area (Å²) in [4.78, 5) is 13.0. The highest BCUT2D eigenvalue weighted by atomic mass is 35.5. The van der Waals surface area contributed by atoms with E-state index in [9.17, 15) is 18.0 Å². The second-order valence-corrected chi connectivity index (χ2v) is 5.37. The zero-order chi connectivity index (χ0) is 14.3. The Morgan fingerprint density at radius 1 is 1.35 bits per heavy atom. The van der Waals surface area contributed by atoms with Crippen LogP contribution in [0, 0.1) is 0 Å². The number of thioether (sulfide) groups is 1. The summed E-state index contributed by atoms with van der Waals surface area (Å²) in [6, 6.07) is 0. The van der Waals surface area contributed by atoms with Gasteiger partial charge in [0.25, 0.3) is 0 Å². The number of amides is 1. The van der Waals surface area contributed by atoms with Crippen molar-refractivity contribution in [3.05, 3.63) is 0 Å². The maximum absolute atomic E-state index is 12.0. The Hall–Kier alpha value is -0.180. The van der Waals surface area contributed by atoms with Crippen LogP contribution >= 0.6 is 24.2 Å². The molecule has 0 radical (unpaired) electrons. The van der Waals surface area contributed by atoms with E-state index in [-0.39, 0.29) is 30.3 Å². The lowest BCUT2D eigenvalue weighted by Gasteiger charge is -2.32. The third-order valence-corrected chi connectivity index (χ3v) is 3.57. The van der Waals surface area contributed by atoms with Gasteiger partial charge in [-0.15, -0.1) is 12.4 Å². The zero-order valence-corrected chi connectivity index (χ0v) is 12.7. The number of carbonyl (C=O) groups is 1. The van der Waals surface area contributed by atoms with Gasteiger partial charge >= 0.3 is 5.51 Å². The van der Waals surface area contributed by atoms with Crippen LogP contribution in [0.3, 0.4) is 0 Å². The lowest BCUT2D eigenvalue weighted by molar-refractivity contribution is -0.131. The van der Waals surface area contributed by atoms with E-state index in [2.05, 4.69) is 0 Å². The molecule has 1 aliphatic heterocycles. The van der Waals surface area contributed by atoms with Crippen LogP contribution in [-0.4, -0.2) is 54.4 Å². The summed E-state index contributed by atoms with van der Waals surface area (Å²) in [6.45, 7) is 2.10. The number of carbonyl (C=O) groups excluding carboxylic acids is 1. The summed E-state index contributed by atoms with van der Waals surface area (Å²) < 4.78 is 41.5. The van der Waals surface area contributed by atoms with Crippen molar-refractivity contribution in [3.8, 4) is 0 Å². The molecule has 0 aromatic rings. The second-order valence-electron chi connectivity index (χ2n) is 4.33. The number of ether oxygens (including phenoxy) is 1. The van der Waals surface area contributed by atoms with Crippen LogP contribution in [0.5, 0.6) is 0 Å². The Balaban J connectivity index is 0.00000361. The summed E-state index contributed by atoms with van der Waals surface area (Å²) >= 11 is -0.283. The molecule has 0 spiro atoms. The normalized spacial score (nSPS) is 16.9. The number of nitrogens with two attached hydrogens (primary N) is 1. The average molecular weight is 337 g/mol. The fourth-order valence-electron chi connectivity index (χ4n) is 1.84. The fourth-order valence-corrected chi connectivity index (χ4v) is 2.31. The van der Waals surface area contributed by atoms with Gasteiger partial charge in [0.2, 0.25) is 5.91 Å². The molecule has 0 aromatic carbocycles. The lowest BCUT2D eigenvalue weighted by Crippen LogP contribution is -2.42. The van der Waals surface area contributed by atoms with Crippen LogP contribution in [0.15, 0.2) is 0 Å². The number of piperidine rings is 1. The molecule has 0 unspecified atom stereocenters. The van der Waals surface area contributed by atoms with Gasteiger partial charge in [0.1, 0.15) is 0 Å². The minimum atomic E-state index is -4.35. The zero-order valence-electron chi connectivity index (χ0n) is 11.0. The average Bonchev–Trinajstić information content (AvgIpc) is 2.36. The maximum atomic E-state index is 12.0. The number of hydrogen-bond donors (Lipinski definition) is 1. The van der Waals surface area contributed by atoms with E-state index in [0.717, 1.165) is 6.42 Å². The molecule has 0 aliphatic carbocycles. The first kappa shape index (κ1) is 19.8. The first-order chi connectivity index (χ1) is 8.92. The molecule has 120 valence electrons. The van der Waals surface area contributed by atoms with Crippen molar-refractivity contribution in [2.24, 2.45) is 5.73 Å². The smallest absolute Gasteiger partial charge is 0.378 e. The third kappa shape index (κ3) is 8.18. The quantitative estimate of drug-likeness (QED) is 0.754. The first-order valence-corrected chi connectivity index (χ1v) is 7.21. The summed E-state index contributed by atoms with van der Waals surface area (Å²) in [7, 11) is 0. The van der Waals surface area contributed by atoms with Crippen molar-refractivity contribution in [2.75, 3.05) is 32.0 Å². The lowest BCUT2D eigenvalue weighted by atomic mass is 10.1. The minimum absolute atomic E-state index is 0. The standard InChI is InChI=1S/C11H19F3N2O2S.ClH/c12-11(13,14)19-8-10(17)16-5-2-9(3-6-16)18-7-1-4-15;/h9H,1-8,15H2;1H. The third-order valence-electron chi connectivity index (χ3n) is 2.86. The van der Waals surface area contributed by atoms with Crippen molar-refractivity contribution >= 4 is 30.1 Å². The van der Waals surface area contributed by atoms with Gasteiger partial charge in [-0.05, 0) is 37.6 Å². The maximum Gasteiger partial charge on any atom is 0.442 e. The van der Waals surface area contributed by atoms with Crippen LogP contribution < -0.4 is 5.73 Å². The van der Waals surface area contributed by atoms with E-state index in [0.29, 0.717) is 39.1 Å². The molecule has 1 amide bonds. The number of hydrogen-bond acceptors (Lipinski definition) is 4. The van der Waals surface area contributed by atoms with Crippen LogP contribution in [0.25, 0.3) is 0 Å². The molecule has 9 heteroatoms. The molecular formula is C11H20ClF3N2O2S. The molecule has 0 saturated carbocycles. The van der Waals surface area contributed by atoms with Crippen molar-refractivity contribution in [2.45, 2.75) is 30.9 Å². The molecule has 1 heterocycles. The van der Waals surface area contributed by atoms with Gasteiger partial charge < -0.3 is 15.4 Å². The molecule has 1 saturated heterocycles. The first-order valence-electron chi connectivity index (χ1n) is 6.22. The van der Waals surface area contributed by atoms with Crippen LogP contribution in [0.2, 0.25) is 0 Å². The molecule has 1 aliphatic rings. The predicted octanol–water partition coefficient (Wildman–Crippen LogP) is 2.02. The van der Waals surface area contributed by atoms with E-state index in [1.807, 2.05) is 0 Å². The highest BCUT2D eigenvalue weighted by molar-refractivity contribution is 8.00. The van der Waals surface area contributed by atoms with Crippen LogP contribution in [0.4, 0.5) is 13.2 Å². The van der Waals surface area contributed by atoms with Gasteiger partial charge in [-0.1, -0.05) is 0 Å². The molecule has 0 atom stereocenters. The number of alkyl halides is 3. The number of likely N-dealkylation sites (tertiary alicyclic amines) is 1. The highest BCUT2D eigenvalue weighted by Crippen LogP contribution is 2.30. The Morgan fingerprint density at radius 2 is 1.95 bits per heavy atom. The highest BCUT2D eigenvalue weighted by Gasteiger charge is 2.31. The molecule has 2 N–H and O–H groups in total. The molecule has 1 fully saturated rings. The van der Waals surface area contributed by atoms with Gasteiger partial charge in [0.05, 0.1) is 11.9 Å². The second kappa shape index (κ2) is 9.70. The molecule has 4 nitrogen and oxygen atoms in total. The van der Waals surface area contributed by atoms with Gasteiger partial charge in [0, 0.05) is 19.7 Å².